The van der Waals surface area contributed by atoms with E-state index < -0.39 is 5.97 Å². The van der Waals surface area contributed by atoms with Gasteiger partial charge in [-0.15, -0.1) is 0 Å². The van der Waals surface area contributed by atoms with Crippen molar-refractivity contribution in [2.45, 2.75) is 12.1 Å². The number of nitrogens with zero attached hydrogens (tertiary/aromatic N) is 1. The van der Waals surface area contributed by atoms with Crippen LogP contribution < -0.4 is 9.47 Å². The Hall–Kier alpha value is -2.93. The number of aromatic nitrogens is 1. The molecule has 0 unspecified atom stereocenters. The second kappa shape index (κ2) is 7.97. The first-order valence-electron chi connectivity index (χ1n) is 7.90. The molecule has 1 heterocycles. The Bertz CT molecular complexity index is 930. The van der Waals surface area contributed by atoms with E-state index in [1.54, 1.807) is 24.3 Å². The average molecular weight is 371 g/mol. The van der Waals surface area contributed by atoms with Crippen LogP contribution >= 0.6 is 11.8 Å². The number of hydrogen-bond acceptors (Lipinski definition) is 6. The zero-order chi connectivity index (χ0) is 18.5. The minimum atomic E-state index is -1.08. The van der Waals surface area contributed by atoms with Gasteiger partial charge in [0.1, 0.15) is 10.4 Å². The summed E-state index contributed by atoms with van der Waals surface area (Å²) in [6, 6.07) is 12.6. The molecule has 1 N–H and O–H groups in total. The molecule has 0 aliphatic heterocycles. The topological polar surface area (TPSA) is 81.8 Å². The molecular formula is C19H17NO5S. The fourth-order valence-corrected chi connectivity index (χ4v) is 3.11. The quantitative estimate of drug-likeness (QED) is 0.485. The van der Waals surface area contributed by atoms with Gasteiger partial charge in [-0.2, -0.15) is 0 Å². The maximum absolute atomic E-state index is 11.7. The van der Waals surface area contributed by atoms with Crippen molar-refractivity contribution < 1.29 is 23.8 Å². The molecule has 0 aliphatic carbocycles. The summed E-state index contributed by atoms with van der Waals surface area (Å²) in [5, 5.41) is 9.85. The Morgan fingerprint density at radius 1 is 1.27 bits per heavy atom. The molecule has 7 heteroatoms. The highest BCUT2D eigenvalue weighted by Crippen LogP contribution is 2.36. The summed E-state index contributed by atoms with van der Waals surface area (Å²) in [5.74, 6) is -0.0471. The van der Waals surface area contributed by atoms with E-state index in [0.29, 0.717) is 34.8 Å². The van der Waals surface area contributed by atoms with Gasteiger partial charge in [-0.25, -0.2) is 9.78 Å². The molecule has 0 saturated heterocycles. The van der Waals surface area contributed by atoms with E-state index in [9.17, 15) is 9.90 Å². The molecule has 0 spiro atoms. The number of methoxy groups -OCH3 is 1. The highest BCUT2D eigenvalue weighted by molar-refractivity contribution is 8.03. The van der Waals surface area contributed by atoms with Gasteiger partial charge in [0.05, 0.1) is 13.7 Å². The van der Waals surface area contributed by atoms with E-state index in [0.717, 1.165) is 11.8 Å². The minimum Gasteiger partial charge on any atom is -0.493 e. The number of carbonyl (C=O) groups is 1. The molecule has 0 fully saturated rings. The lowest BCUT2D eigenvalue weighted by atomic mass is 10.1. The third-order valence-electron chi connectivity index (χ3n) is 3.49. The van der Waals surface area contributed by atoms with Crippen LogP contribution in [0.25, 0.3) is 17.2 Å². The van der Waals surface area contributed by atoms with Gasteiger partial charge >= 0.3 is 5.97 Å². The van der Waals surface area contributed by atoms with Gasteiger partial charge in [0, 0.05) is 5.56 Å². The van der Waals surface area contributed by atoms with Crippen LogP contribution in [0.2, 0.25) is 0 Å². The van der Waals surface area contributed by atoms with Crippen molar-refractivity contribution in [1.82, 2.24) is 4.98 Å². The molecule has 0 saturated carbocycles. The van der Waals surface area contributed by atoms with Gasteiger partial charge in [0.2, 0.25) is 0 Å². The fourth-order valence-electron chi connectivity index (χ4n) is 2.37. The highest BCUT2D eigenvalue weighted by Gasteiger charge is 2.17. The minimum absolute atomic E-state index is 0.0609. The number of carboxylic acids is 1. The molecule has 0 amide bonds. The third kappa shape index (κ3) is 3.83. The summed E-state index contributed by atoms with van der Waals surface area (Å²) in [6.45, 7) is 2.28. The molecule has 1 aromatic heterocycles. The van der Waals surface area contributed by atoms with E-state index in [4.69, 9.17) is 13.9 Å². The largest absolute Gasteiger partial charge is 0.493 e. The number of rotatable bonds is 7. The number of aliphatic carboxylic acids is 1. The van der Waals surface area contributed by atoms with Crippen LogP contribution in [0.5, 0.6) is 11.5 Å². The maximum atomic E-state index is 11.7. The Morgan fingerprint density at radius 2 is 2.08 bits per heavy atom. The Balaban J connectivity index is 1.98. The molecule has 2 aromatic carbocycles. The van der Waals surface area contributed by atoms with Gasteiger partial charge in [-0.1, -0.05) is 24.3 Å². The number of thioether (sulfide) groups is 1. The molecule has 0 aliphatic rings. The van der Waals surface area contributed by atoms with Crippen LogP contribution in [0.4, 0.5) is 0 Å². The monoisotopic (exact) mass is 371 g/mol. The maximum Gasteiger partial charge on any atom is 0.342 e. The van der Waals surface area contributed by atoms with Crippen molar-refractivity contribution >= 4 is 34.9 Å². The third-order valence-corrected chi connectivity index (χ3v) is 4.35. The standard InChI is InChI=1S/C19H17NO5S/c1-3-24-17-12(7-6-10-15(17)23-2)11-16(18(21)22)26-19-20-13-8-4-5-9-14(13)25-19/h4-11H,3H2,1-2H3,(H,21,22)/b16-11-. The van der Waals surface area contributed by atoms with Crippen LogP contribution in [0, 0.1) is 0 Å². The second-order valence-corrected chi connectivity index (χ2v) is 6.17. The molecule has 26 heavy (non-hydrogen) atoms. The molecule has 134 valence electrons. The van der Waals surface area contributed by atoms with Crippen molar-refractivity contribution in [1.29, 1.82) is 0 Å². The Kier molecular flexibility index (Phi) is 5.48. The number of para-hydroxylation sites is 3. The number of ether oxygens (including phenoxy) is 2. The highest BCUT2D eigenvalue weighted by atomic mass is 32.2. The second-order valence-electron chi connectivity index (χ2n) is 5.17. The van der Waals surface area contributed by atoms with E-state index in [1.807, 2.05) is 25.1 Å². The van der Waals surface area contributed by atoms with Crippen LogP contribution in [0.15, 0.2) is 57.0 Å². The molecule has 0 atom stereocenters. The van der Waals surface area contributed by atoms with E-state index in [1.165, 1.54) is 13.2 Å². The van der Waals surface area contributed by atoms with E-state index in [-0.39, 0.29) is 10.1 Å². The zero-order valence-corrected chi connectivity index (χ0v) is 15.1. The van der Waals surface area contributed by atoms with Crippen LogP contribution in [0.1, 0.15) is 12.5 Å². The Labute approximate surface area is 154 Å². The van der Waals surface area contributed by atoms with Crippen molar-refractivity contribution in [3.8, 4) is 11.5 Å². The van der Waals surface area contributed by atoms with Crippen LogP contribution in [0.3, 0.4) is 0 Å². The SMILES string of the molecule is CCOc1c(/C=C(\Sc2nc3ccccc3o2)C(=O)O)cccc1OC. The van der Waals surface area contributed by atoms with Crippen molar-refractivity contribution in [2.24, 2.45) is 0 Å². The first kappa shape index (κ1) is 17.9. The van der Waals surface area contributed by atoms with Gasteiger partial charge in [-0.3, -0.25) is 0 Å². The number of benzene rings is 2. The summed E-state index contributed by atoms with van der Waals surface area (Å²) in [7, 11) is 1.54. The summed E-state index contributed by atoms with van der Waals surface area (Å²) in [6.07, 6.45) is 1.52. The number of oxazole rings is 1. The van der Waals surface area contributed by atoms with Gasteiger partial charge in [0.15, 0.2) is 17.1 Å². The lowest BCUT2D eigenvalue weighted by molar-refractivity contribution is -0.131. The van der Waals surface area contributed by atoms with Gasteiger partial charge < -0.3 is 19.0 Å². The predicted octanol–water partition coefficient (Wildman–Crippen LogP) is 4.45. The first-order chi connectivity index (χ1) is 12.6. The summed E-state index contributed by atoms with van der Waals surface area (Å²) < 4.78 is 16.5. The molecule has 0 radical (unpaired) electrons. The number of fused-ring (bicyclic) bond motifs is 1. The first-order valence-corrected chi connectivity index (χ1v) is 8.72. The fraction of sp³-hybridized carbons (Fsp3) is 0.158. The molecule has 3 rings (SSSR count). The smallest absolute Gasteiger partial charge is 0.342 e. The zero-order valence-electron chi connectivity index (χ0n) is 14.3. The lowest BCUT2D eigenvalue weighted by Gasteiger charge is -2.12. The predicted molar refractivity (Wildman–Crippen MR) is 99.6 cm³/mol. The van der Waals surface area contributed by atoms with Crippen molar-refractivity contribution in [3.63, 3.8) is 0 Å². The van der Waals surface area contributed by atoms with Gasteiger partial charge in [0.25, 0.3) is 5.22 Å². The average Bonchev–Trinajstić information content (AvgIpc) is 3.05. The molecular weight excluding hydrogens is 354 g/mol. The van der Waals surface area contributed by atoms with Gasteiger partial charge in [-0.05, 0) is 43.0 Å². The number of carboxylic acid groups (broad SMARTS) is 1. The van der Waals surface area contributed by atoms with Crippen molar-refractivity contribution in [3.05, 3.63) is 52.9 Å². The molecule has 3 aromatic rings. The van der Waals surface area contributed by atoms with Crippen LogP contribution in [-0.2, 0) is 4.79 Å². The van der Waals surface area contributed by atoms with Crippen LogP contribution in [-0.4, -0.2) is 29.8 Å². The normalized spacial score (nSPS) is 11.5. The van der Waals surface area contributed by atoms with E-state index in [2.05, 4.69) is 4.98 Å². The Morgan fingerprint density at radius 3 is 2.77 bits per heavy atom. The molecule has 6 nitrogen and oxygen atoms in total. The van der Waals surface area contributed by atoms with E-state index >= 15 is 0 Å². The summed E-state index contributed by atoms with van der Waals surface area (Å²) in [5.41, 5.74) is 1.89. The van der Waals surface area contributed by atoms with Crippen molar-refractivity contribution in [2.75, 3.05) is 13.7 Å². The number of hydrogen-bond donors (Lipinski definition) is 1. The lowest BCUT2D eigenvalue weighted by Crippen LogP contribution is -2.00. The summed E-state index contributed by atoms with van der Waals surface area (Å²) in [4.78, 5) is 16.1. The molecule has 0 bridgehead atoms. The summed E-state index contributed by atoms with van der Waals surface area (Å²) >= 11 is 0.945.